The number of hydrogen-bond acceptors (Lipinski definition) is 4. The average Bonchev–Trinajstić information content (AvgIpc) is 2.21. The molecule has 80 valence electrons. The maximum absolute atomic E-state index is 5.32. The van der Waals surface area contributed by atoms with Crippen molar-refractivity contribution in [2.24, 2.45) is 0 Å². The summed E-state index contributed by atoms with van der Waals surface area (Å²) in [5.74, 6) is 0. The van der Waals surface area contributed by atoms with Crippen molar-refractivity contribution in [3.8, 4) is 0 Å². The summed E-state index contributed by atoms with van der Waals surface area (Å²) in [6.07, 6.45) is 6.37. The number of aromatic nitrogens is 4. The first kappa shape index (κ1) is 13.7. The molecule has 0 aliphatic rings. The fraction of sp³-hybridized carbons (Fsp3) is 0. The van der Waals surface area contributed by atoms with Gasteiger partial charge >= 0.3 is 0 Å². The Bertz CT molecular complexity index is 322. The Balaban J connectivity index is 0.000000245. The number of hydrogen-bond donors (Lipinski definition) is 0. The second kappa shape index (κ2) is 8.05. The molecule has 2 N–H and O–H groups in total. The molecule has 0 fully saturated rings. The molecular formula is C8H8Cl2N4O. The van der Waals surface area contributed by atoms with Crippen molar-refractivity contribution in [3.05, 3.63) is 47.5 Å². The molecule has 2 rings (SSSR count). The second-order valence-electron chi connectivity index (χ2n) is 2.04. The lowest BCUT2D eigenvalue weighted by Crippen LogP contribution is -1.73. The summed E-state index contributed by atoms with van der Waals surface area (Å²) in [7, 11) is 0. The predicted molar refractivity (Wildman–Crippen MR) is 57.7 cm³/mol. The van der Waals surface area contributed by atoms with E-state index in [9.17, 15) is 0 Å². The molecule has 0 radical (unpaired) electrons. The first-order valence-corrected chi connectivity index (χ1v) is 4.39. The van der Waals surface area contributed by atoms with E-state index < -0.39 is 0 Å². The maximum Gasteiger partial charge on any atom is 0.222 e. The normalized spacial score (nSPS) is 8.13. The first-order chi connectivity index (χ1) is 6.79. The van der Waals surface area contributed by atoms with Gasteiger partial charge in [-0.1, -0.05) is 0 Å². The van der Waals surface area contributed by atoms with Crippen LogP contribution in [0.4, 0.5) is 0 Å². The zero-order valence-corrected chi connectivity index (χ0v) is 9.02. The Morgan fingerprint density at radius 1 is 0.667 bits per heavy atom. The Morgan fingerprint density at radius 2 is 0.933 bits per heavy atom. The van der Waals surface area contributed by atoms with Gasteiger partial charge in [-0.2, -0.15) is 0 Å². The van der Waals surface area contributed by atoms with E-state index >= 15 is 0 Å². The van der Waals surface area contributed by atoms with Gasteiger partial charge in [0.15, 0.2) is 0 Å². The molecule has 2 heterocycles. The lowest BCUT2D eigenvalue weighted by atomic mass is 10.7. The first-order valence-electron chi connectivity index (χ1n) is 3.64. The van der Waals surface area contributed by atoms with Gasteiger partial charge in [-0.05, 0) is 35.3 Å². The van der Waals surface area contributed by atoms with Crippen LogP contribution in [0.1, 0.15) is 0 Å². The Hall–Kier alpha value is -1.30. The minimum absolute atomic E-state index is 0. The summed E-state index contributed by atoms with van der Waals surface area (Å²) in [5.41, 5.74) is 0. The van der Waals surface area contributed by atoms with Crippen LogP contribution < -0.4 is 0 Å². The van der Waals surface area contributed by atoms with Crippen molar-refractivity contribution < 1.29 is 5.48 Å². The molecule has 0 saturated heterocycles. The Morgan fingerprint density at radius 3 is 1.07 bits per heavy atom. The Kier molecular flexibility index (Phi) is 7.35. The van der Waals surface area contributed by atoms with Crippen LogP contribution in [0, 0.1) is 0 Å². The van der Waals surface area contributed by atoms with Crippen LogP contribution in [0.3, 0.4) is 0 Å². The lowest BCUT2D eigenvalue weighted by molar-refractivity contribution is 0.824. The SMILES string of the molecule is Clc1ncccn1.Clc1ncccn1.O. The minimum atomic E-state index is 0. The average molecular weight is 247 g/mol. The van der Waals surface area contributed by atoms with Gasteiger partial charge in [0.1, 0.15) is 0 Å². The van der Waals surface area contributed by atoms with Gasteiger partial charge in [-0.15, -0.1) is 0 Å². The zero-order chi connectivity index (χ0) is 10.2. The van der Waals surface area contributed by atoms with E-state index in [1.807, 2.05) is 0 Å². The molecule has 7 heteroatoms. The van der Waals surface area contributed by atoms with Gasteiger partial charge in [0.25, 0.3) is 0 Å². The summed E-state index contributed by atoms with van der Waals surface area (Å²) < 4.78 is 0. The third-order valence-corrected chi connectivity index (χ3v) is 1.46. The summed E-state index contributed by atoms with van der Waals surface area (Å²) in [6, 6.07) is 3.43. The van der Waals surface area contributed by atoms with Gasteiger partial charge in [0.05, 0.1) is 0 Å². The monoisotopic (exact) mass is 246 g/mol. The largest absolute Gasteiger partial charge is 0.412 e. The van der Waals surface area contributed by atoms with Gasteiger partial charge < -0.3 is 5.48 Å². The van der Waals surface area contributed by atoms with Crippen molar-refractivity contribution in [2.75, 3.05) is 0 Å². The van der Waals surface area contributed by atoms with Crippen LogP contribution in [-0.2, 0) is 0 Å². The van der Waals surface area contributed by atoms with E-state index in [1.165, 1.54) is 0 Å². The molecule has 0 saturated carbocycles. The highest BCUT2D eigenvalue weighted by Gasteiger charge is 1.78. The van der Waals surface area contributed by atoms with Gasteiger partial charge in [0, 0.05) is 24.8 Å². The molecule has 2 aromatic rings. The quantitative estimate of drug-likeness (QED) is 0.659. The third kappa shape index (κ3) is 6.73. The van der Waals surface area contributed by atoms with E-state index in [0.29, 0.717) is 10.6 Å². The predicted octanol–water partition coefficient (Wildman–Crippen LogP) is 1.44. The number of nitrogens with zero attached hydrogens (tertiary/aromatic N) is 4. The highest BCUT2D eigenvalue weighted by atomic mass is 35.5. The van der Waals surface area contributed by atoms with E-state index in [-0.39, 0.29) is 5.48 Å². The van der Waals surface area contributed by atoms with E-state index in [2.05, 4.69) is 19.9 Å². The minimum Gasteiger partial charge on any atom is -0.412 e. The fourth-order valence-corrected chi connectivity index (χ4v) is 0.787. The van der Waals surface area contributed by atoms with Crippen LogP contribution in [0.15, 0.2) is 36.9 Å². The molecule has 0 aromatic carbocycles. The van der Waals surface area contributed by atoms with Crippen LogP contribution in [0.2, 0.25) is 10.6 Å². The topological polar surface area (TPSA) is 83.1 Å². The summed E-state index contributed by atoms with van der Waals surface area (Å²) in [4.78, 5) is 14.5. The Labute approximate surface area is 96.5 Å². The van der Waals surface area contributed by atoms with E-state index in [0.717, 1.165) is 0 Å². The van der Waals surface area contributed by atoms with Crippen LogP contribution in [0.25, 0.3) is 0 Å². The standard InChI is InChI=1S/2C4H3ClN2.H2O/c2*5-4-6-2-1-3-7-4;/h2*1-3H;1H2. The fourth-order valence-electron chi connectivity index (χ4n) is 0.562. The molecule has 15 heavy (non-hydrogen) atoms. The smallest absolute Gasteiger partial charge is 0.222 e. The van der Waals surface area contributed by atoms with Crippen molar-refractivity contribution in [2.45, 2.75) is 0 Å². The van der Waals surface area contributed by atoms with Gasteiger partial charge in [-0.25, -0.2) is 19.9 Å². The third-order valence-electron chi connectivity index (χ3n) is 1.07. The van der Waals surface area contributed by atoms with Gasteiger partial charge in [-0.3, -0.25) is 0 Å². The van der Waals surface area contributed by atoms with Crippen molar-refractivity contribution in [1.82, 2.24) is 19.9 Å². The van der Waals surface area contributed by atoms with Crippen molar-refractivity contribution in [1.29, 1.82) is 0 Å². The molecule has 0 amide bonds. The molecule has 0 atom stereocenters. The van der Waals surface area contributed by atoms with E-state index in [1.54, 1.807) is 36.9 Å². The molecule has 5 nitrogen and oxygen atoms in total. The molecule has 0 unspecified atom stereocenters. The number of halogens is 2. The second-order valence-corrected chi connectivity index (χ2v) is 2.71. The highest BCUT2D eigenvalue weighted by Crippen LogP contribution is 1.92. The van der Waals surface area contributed by atoms with E-state index in [4.69, 9.17) is 23.2 Å². The van der Waals surface area contributed by atoms with Crippen molar-refractivity contribution in [3.63, 3.8) is 0 Å². The molecule has 2 aromatic heterocycles. The molecule has 0 aliphatic carbocycles. The summed E-state index contributed by atoms with van der Waals surface area (Å²) in [6.45, 7) is 0. The molecule has 0 bridgehead atoms. The number of rotatable bonds is 0. The van der Waals surface area contributed by atoms with Crippen LogP contribution in [-0.4, -0.2) is 25.4 Å². The van der Waals surface area contributed by atoms with Crippen LogP contribution >= 0.6 is 23.2 Å². The maximum atomic E-state index is 5.32. The zero-order valence-electron chi connectivity index (χ0n) is 7.51. The lowest BCUT2D eigenvalue weighted by Gasteiger charge is -1.78. The van der Waals surface area contributed by atoms with Crippen LogP contribution in [0.5, 0.6) is 0 Å². The molecular weight excluding hydrogens is 239 g/mol. The highest BCUT2D eigenvalue weighted by molar-refractivity contribution is 6.28. The molecule has 0 aliphatic heterocycles. The summed E-state index contributed by atoms with van der Waals surface area (Å²) >= 11 is 10.6. The summed E-state index contributed by atoms with van der Waals surface area (Å²) in [5, 5.41) is 0.588. The molecule has 0 spiro atoms. The van der Waals surface area contributed by atoms with Crippen molar-refractivity contribution >= 4 is 23.2 Å². The van der Waals surface area contributed by atoms with Gasteiger partial charge in [0.2, 0.25) is 10.6 Å².